The average molecular weight is 744 g/mol. The Labute approximate surface area is 265 Å². The van der Waals surface area contributed by atoms with Crippen molar-refractivity contribution in [1.29, 1.82) is 0 Å². The maximum absolute atomic E-state index is 10.7. The molecule has 0 saturated carbocycles. The van der Waals surface area contributed by atoms with Crippen molar-refractivity contribution < 1.29 is 30.9 Å². The first-order valence-electron chi connectivity index (χ1n) is 14.4. The molecule has 0 unspecified atom stereocenters. The number of hydrogen-bond acceptors (Lipinski definition) is 4. The van der Waals surface area contributed by atoms with Gasteiger partial charge in [0, 0.05) is 49.5 Å². The average Bonchev–Trinajstić information content (AvgIpc) is 3.34. The van der Waals surface area contributed by atoms with Crippen LogP contribution in [-0.2, 0) is 33.9 Å². The molecule has 0 aliphatic rings. The molecular formula is C37H30N3O2Pt-. The largest absolute Gasteiger partial charge is 0.506 e. The summed E-state index contributed by atoms with van der Waals surface area (Å²) < 4.78 is 8.57. The zero-order valence-electron chi connectivity index (χ0n) is 24.2. The SMILES string of the molecule is CCc1cc(-n2c3[c-]c(Oc4cc(-c5ccccc5)c5cccc(O)c5n4)ccc3c3ccccc32)nc(C)c1CC.[Pt]. The van der Waals surface area contributed by atoms with Crippen LogP contribution in [0.2, 0.25) is 0 Å². The normalized spacial score (nSPS) is 11.2. The monoisotopic (exact) mass is 743 g/mol. The molecule has 3 aromatic heterocycles. The van der Waals surface area contributed by atoms with Gasteiger partial charge in [-0.15, -0.1) is 17.5 Å². The summed E-state index contributed by atoms with van der Waals surface area (Å²) in [5.74, 6) is 1.90. The summed E-state index contributed by atoms with van der Waals surface area (Å²) in [5.41, 5.74) is 8.08. The first kappa shape index (κ1) is 28.6. The van der Waals surface area contributed by atoms with Crippen LogP contribution in [0, 0.1) is 13.0 Å². The fraction of sp³-hybridized carbons (Fsp3) is 0.135. The number of para-hydroxylation sites is 2. The summed E-state index contributed by atoms with van der Waals surface area (Å²) in [6, 6.07) is 35.6. The van der Waals surface area contributed by atoms with E-state index in [1.165, 1.54) is 11.1 Å². The van der Waals surface area contributed by atoms with Gasteiger partial charge in [0.05, 0.1) is 0 Å². The zero-order valence-corrected chi connectivity index (χ0v) is 26.4. The van der Waals surface area contributed by atoms with Crippen molar-refractivity contribution in [2.24, 2.45) is 0 Å². The van der Waals surface area contributed by atoms with Crippen LogP contribution in [0.3, 0.4) is 0 Å². The van der Waals surface area contributed by atoms with E-state index < -0.39 is 0 Å². The quantitative estimate of drug-likeness (QED) is 0.173. The van der Waals surface area contributed by atoms with E-state index >= 15 is 0 Å². The fourth-order valence-electron chi connectivity index (χ4n) is 6.06. The van der Waals surface area contributed by atoms with Crippen molar-refractivity contribution in [1.82, 2.24) is 14.5 Å². The molecule has 5 nitrogen and oxygen atoms in total. The number of phenolic OH excluding ortho intramolecular Hbond substituents is 1. The molecule has 3 heterocycles. The number of fused-ring (bicyclic) bond motifs is 4. The third-order valence-corrected chi connectivity index (χ3v) is 8.02. The van der Waals surface area contributed by atoms with Crippen molar-refractivity contribution >= 4 is 32.7 Å². The van der Waals surface area contributed by atoms with Gasteiger partial charge in [0.2, 0.25) is 5.88 Å². The first-order chi connectivity index (χ1) is 20.6. The number of aromatic hydroxyl groups is 1. The molecule has 0 fully saturated rings. The van der Waals surface area contributed by atoms with E-state index in [-0.39, 0.29) is 26.8 Å². The number of benzene rings is 4. The molecule has 4 aromatic carbocycles. The smallest absolute Gasteiger partial charge is 0.217 e. The van der Waals surface area contributed by atoms with Gasteiger partial charge in [-0.1, -0.05) is 80.0 Å². The molecule has 0 bridgehead atoms. The van der Waals surface area contributed by atoms with Gasteiger partial charge in [-0.05, 0) is 65.6 Å². The Bertz CT molecular complexity index is 2120. The molecule has 43 heavy (non-hydrogen) atoms. The molecular weight excluding hydrogens is 714 g/mol. The van der Waals surface area contributed by atoms with Crippen LogP contribution < -0.4 is 4.74 Å². The molecule has 0 atom stereocenters. The Hall–Kier alpha value is -4.47. The Morgan fingerprint density at radius 1 is 0.791 bits per heavy atom. The van der Waals surface area contributed by atoms with Crippen LogP contribution in [0.5, 0.6) is 17.4 Å². The van der Waals surface area contributed by atoms with E-state index in [9.17, 15) is 5.11 Å². The second kappa shape index (κ2) is 11.7. The predicted molar refractivity (Wildman–Crippen MR) is 170 cm³/mol. The van der Waals surface area contributed by atoms with Gasteiger partial charge in [0.25, 0.3) is 0 Å². The van der Waals surface area contributed by atoms with Crippen LogP contribution in [0.4, 0.5) is 0 Å². The van der Waals surface area contributed by atoms with Crippen LogP contribution in [0.25, 0.3) is 49.7 Å². The Balaban J connectivity index is 0.00000329. The van der Waals surface area contributed by atoms with Gasteiger partial charge in [-0.25, -0.2) is 9.97 Å². The van der Waals surface area contributed by atoms with E-state index in [1.54, 1.807) is 6.07 Å². The van der Waals surface area contributed by atoms with Crippen molar-refractivity contribution in [3.8, 4) is 34.3 Å². The summed E-state index contributed by atoms with van der Waals surface area (Å²) in [5, 5.41) is 13.7. The molecule has 0 spiro atoms. The number of nitrogens with zero attached hydrogens (tertiary/aromatic N) is 3. The van der Waals surface area contributed by atoms with Gasteiger partial charge in [-0.3, -0.25) is 0 Å². The fourth-order valence-corrected chi connectivity index (χ4v) is 6.06. The van der Waals surface area contributed by atoms with Crippen LogP contribution in [0.15, 0.2) is 97.1 Å². The number of rotatable bonds is 6. The van der Waals surface area contributed by atoms with Gasteiger partial charge in [-0.2, -0.15) is 6.07 Å². The number of aryl methyl sites for hydroxylation is 2. The molecule has 1 N–H and O–H groups in total. The zero-order chi connectivity index (χ0) is 28.8. The molecule has 0 saturated heterocycles. The Morgan fingerprint density at radius 3 is 2.35 bits per heavy atom. The minimum Gasteiger partial charge on any atom is -0.506 e. The minimum absolute atomic E-state index is 0. The molecule has 6 heteroatoms. The summed E-state index contributed by atoms with van der Waals surface area (Å²) in [4.78, 5) is 9.76. The summed E-state index contributed by atoms with van der Waals surface area (Å²) in [7, 11) is 0. The van der Waals surface area contributed by atoms with Crippen LogP contribution in [-0.4, -0.2) is 19.6 Å². The summed E-state index contributed by atoms with van der Waals surface area (Å²) >= 11 is 0. The Morgan fingerprint density at radius 2 is 1.56 bits per heavy atom. The second-order valence-corrected chi connectivity index (χ2v) is 10.5. The molecule has 0 amide bonds. The van der Waals surface area contributed by atoms with Crippen LogP contribution >= 0.6 is 0 Å². The molecule has 0 aliphatic heterocycles. The maximum atomic E-state index is 10.7. The number of hydrogen-bond donors (Lipinski definition) is 1. The third-order valence-electron chi connectivity index (χ3n) is 8.02. The first-order valence-corrected chi connectivity index (χ1v) is 14.4. The van der Waals surface area contributed by atoms with Crippen molar-refractivity contribution in [2.45, 2.75) is 33.6 Å². The molecule has 216 valence electrons. The number of pyridine rings is 2. The Kier molecular flexibility index (Phi) is 7.77. The molecule has 7 aromatic rings. The summed E-state index contributed by atoms with van der Waals surface area (Å²) in [6.45, 7) is 6.48. The van der Waals surface area contributed by atoms with E-state index in [1.807, 2.05) is 54.6 Å². The molecule has 0 radical (unpaired) electrons. The number of ether oxygens (including phenoxy) is 1. The molecule has 7 rings (SSSR count). The van der Waals surface area contributed by atoms with Gasteiger partial charge in [0.15, 0.2) is 0 Å². The van der Waals surface area contributed by atoms with E-state index in [0.717, 1.165) is 62.7 Å². The second-order valence-electron chi connectivity index (χ2n) is 10.5. The van der Waals surface area contributed by atoms with Crippen molar-refractivity contribution in [2.75, 3.05) is 0 Å². The summed E-state index contributed by atoms with van der Waals surface area (Å²) in [6.07, 6.45) is 1.90. The number of aromatic nitrogens is 3. The van der Waals surface area contributed by atoms with Crippen LogP contribution in [0.1, 0.15) is 30.7 Å². The topological polar surface area (TPSA) is 60.2 Å². The van der Waals surface area contributed by atoms with E-state index in [0.29, 0.717) is 17.1 Å². The predicted octanol–water partition coefficient (Wildman–Crippen LogP) is 9.12. The van der Waals surface area contributed by atoms with Crippen molar-refractivity contribution in [3.63, 3.8) is 0 Å². The minimum atomic E-state index is 0. The maximum Gasteiger partial charge on any atom is 0.217 e. The standard InChI is InChI=1S/C37H30N3O2.Pt/c1-4-24-20-35(38-23(3)27(24)5-2)40-32-16-10-9-14-28(32)29-19-18-26(21-33(29)40)42-36-22-31(25-12-7-6-8-13-25)30-15-11-17-34(41)37(30)39-36;/h6-20,22,41H,4-5H2,1-3H3;/q-1;. The van der Waals surface area contributed by atoms with E-state index in [2.05, 4.69) is 67.8 Å². The van der Waals surface area contributed by atoms with Crippen molar-refractivity contribution in [3.05, 3.63) is 120 Å². The molecule has 0 aliphatic carbocycles. The third kappa shape index (κ3) is 4.98. The van der Waals surface area contributed by atoms with Gasteiger partial charge < -0.3 is 14.4 Å². The number of phenols is 1. The van der Waals surface area contributed by atoms with Gasteiger partial charge in [0.1, 0.15) is 17.1 Å². The van der Waals surface area contributed by atoms with Gasteiger partial charge >= 0.3 is 0 Å². The van der Waals surface area contributed by atoms with E-state index in [4.69, 9.17) is 14.7 Å².